The van der Waals surface area contributed by atoms with Gasteiger partial charge in [0.1, 0.15) is 5.60 Å². The van der Waals surface area contributed by atoms with Crippen LogP contribution in [0.1, 0.15) is 33.6 Å². The topological polar surface area (TPSA) is 61.8 Å². The van der Waals surface area contributed by atoms with Gasteiger partial charge < -0.3 is 20.1 Å². The Labute approximate surface area is 132 Å². The van der Waals surface area contributed by atoms with E-state index in [2.05, 4.69) is 5.32 Å². The highest BCUT2D eigenvalue weighted by molar-refractivity contribution is 5.68. The quantitative estimate of drug-likeness (QED) is 0.901. The number of piperidine rings is 1. The van der Waals surface area contributed by atoms with Crippen molar-refractivity contribution in [3.05, 3.63) is 30.3 Å². The fourth-order valence-electron chi connectivity index (χ4n) is 2.43. The number of hydrogen-bond acceptors (Lipinski definition) is 4. The molecule has 0 aromatic heterocycles. The molecule has 1 saturated heterocycles. The van der Waals surface area contributed by atoms with Crippen molar-refractivity contribution in [3.63, 3.8) is 0 Å². The van der Waals surface area contributed by atoms with Crippen LogP contribution < -0.4 is 5.32 Å². The summed E-state index contributed by atoms with van der Waals surface area (Å²) < 4.78 is 5.36. The molecule has 0 saturated carbocycles. The predicted molar refractivity (Wildman–Crippen MR) is 86.9 cm³/mol. The molecule has 0 radical (unpaired) electrons. The SMILES string of the molecule is CC(C)(C)OC(=O)N1CCC(O)(CNc2ccccc2)CC1. The summed E-state index contributed by atoms with van der Waals surface area (Å²) in [5, 5.41) is 13.9. The highest BCUT2D eigenvalue weighted by Crippen LogP contribution is 2.24. The monoisotopic (exact) mass is 306 g/mol. The average Bonchev–Trinajstić information content (AvgIpc) is 2.45. The van der Waals surface area contributed by atoms with E-state index in [0.717, 1.165) is 5.69 Å². The molecule has 1 aliphatic rings. The fourth-order valence-corrected chi connectivity index (χ4v) is 2.43. The fraction of sp³-hybridized carbons (Fsp3) is 0.588. The zero-order valence-electron chi connectivity index (χ0n) is 13.6. The minimum Gasteiger partial charge on any atom is -0.444 e. The van der Waals surface area contributed by atoms with Gasteiger partial charge in [0.15, 0.2) is 0 Å². The van der Waals surface area contributed by atoms with Crippen LogP contribution in [0.15, 0.2) is 30.3 Å². The number of nitrogens with one attached hydrogen (secondary N) is 1. The minimum atomic E-state index is -0.783. The lowest BCUT2D eigenvalue weighted by Gasteiger charge is -2.38. The number of aliphatic hydroxyl groups is 1. The number of hydrogen-bond donors (Lipinski definition) is 2. The Morgan fingerprint density at radius 2 is 1.86 bits per heavy atom. The van der Waals surface area contributed by atoms with E-state index in [1.54, 1.807) is 4.90 Å². The Kier molecular flexibility index (Phi) is 4.96. The summed E-state index contributed by atoms with van der Waals surface area (Å²) in [6, 6.07) is 9.81. The molecule has 5 nitrogen and oxygen atoms in total. The van der Waals surface area contributed by atoms with E-state index < -0.39 is 11.2 Å². The zero-order chi connectivity index (χ0) is 16.2. The third kappa shape index (κ3) is 4.91. The van der Waals surface area contributed by atoms with Crippen molar-refractivity contribution in [2.75, 3.05) is 25.0 Å². The minimum absolute atomic E-state index is 0.300. The number of para-hydroxylation sites is 1. The van der Waals surface area contributed by atoms with Gasteiger partial charge in [-0.25, -0.2) is 4.79 Å². The van der Waals surface area contributed by atoms with Gasteiger partial charge in [-0.15, -0.1) is 0 Å². The molecule has 1 aromatic rings. The smallest absolute Gasteiger partial charge is 0.410 e. The third-order valence-corrected chi connectivity index (χ3v) is 3.74. The molecule has 0 unspecified atom stereocenters. The van der Waals surface area contributed by atoms with Crippen LogP contribution in [0.4, 0.5) is 10.5 Å². The number of anilines is 1. The average molecular weight is 306 g/mol. The highest BCUT2D eigenvalue weighted by atomic mass is 16.6. The van der Waals surface area contributed by atoms with Crippen molar-refractivity contribution < 1.29 is 14.6 Å². The van der Waals surface area contributed by atoms with Gasteiger partial charge in [-0.1, -0.05) is 18.2 Å². The van der Waals surface area contributed by atoms with E-state index in [0.29, 0.717) is 32.5 Å². The van der Waals surface area contributed by atoms with Crippen LogP contribution in [0, 0.1) is 0 Å². The van der Waals surface area contributed by atoms with Gasteiger partial charge in [0.05, 0.1) is 5.60 Å². The Morgan fingerprint density at radius 1 is 1.27 bits per heavy atom. The van der Waals surface area contributed by atoms with E-state index in [-0.39, 0.29) is 6.09 Å². The van der Waals surface area contributed by atoms with Crippen LogP contribution in [-0.2, 0) is 4.74 Å². The maximum absolute atomic E-state index is 12.0. The maximum atomic E-state index is 12.0. The van der Waals surface area contributed by atoms with Crippen molar-refractivity contribution in [2.24, 2.45) is 0 Å². The Hall–Kier alpha value is -1.75. The summed E-state index contributed by atoms with van der Waals surface area (Å²) in [6.45, 7) is 7.09. The lowest BCUT2D eigenvalue weighted by molar-refractivity contribution is -0.0244. The number of ether oxygens (including phenoxy) is 1. The predicted octanol–water partition coefficient (Wildman–Crippen LogP) is 2.86. The standard InChI is InChI=1S/C17H26N2O3/c1-16(2,3)22-15(20)19-11-9-17(21,10-12-19)13-18-14-7-5-4-6-8-14/h4-8,18,21H,9-13H2,1-3H3. The second kappa shape index (κ2) is 6.57. The Balaban J connectivity index is 1.81. The van der Waals surface area contributed by atoms with Gasteiger partial charge in [0.25, 0.3) is 0 Å². The first-order valence-electron chi connectivity index (χ1n) is 7.77. The molecule has 0 atom stereocenters. The highest BCUT2D eigenvalue weighted by Gasteiger charge is 2.35. The number of rotatable bonds is 3. The summed E-state index contributed by atoms with van der Waals surface area (Å²) in [4.78, 5) is 13.7. The number of benzene rings is 1. The van der Waals surface area contributed by atoms with E-state index in [9.17, 15) is 9.90 Å². The summed E-state index contributed by atoms with van der Waals surface area (Å²) >= 11 is 0. The van der Waals surface area contributed by atoms with Crippen LogP contribution in [0.2, 0.25) is 0 Å². The van der Waals surface area contributed by atoms with E-state index in [1.165, 1.54) is 0 Å². The summed E-state index contributed by atoms with van der Waals surface area (Å²) in [7, 11) is 0. The number of carbonyl (C=O) groups is 1. The molecule has 1 aliphatic heterocycles. The summed E-state index contributed by atoms with van der Waals surface area (Å²) in [6.07, 6.45) is 0.795. The number of carbonyl (C=O) groups excluding carboxylic acids is 1. The second-order valence-corrected chi connectivity index (χ2v) is 6.91. The second-order valence-electron chi connectivity index (χ2n) is 6.91. The number of amides is 1. The first kappa shape index (κ1) is 16.6. The molecule has 1 aromatic carbocycles. The lowest BCUT2D eigenvalue weighted by atomic mass is 9.91. The summed E-state index contributed by atoms with van der Waals surface area (Å²) in [5.74, 6) is 0. The molecular formula is C17H26N2O3. The van der Waals surface area contributed by atoms with Crippen LogP contribution in [-0.4, -0.2) is 46.9 Å². The first-order valence-corrected chi connectivity index (χ1v) is 7.77. The molecule has 0 bridgehead atoms. The van der Waals surface area contributed by atoms with Crippen LogP contribution in [0.5, 0.6) is 0 Å². The molecule has 1 amide bonds. The molecular weight excluding hydrogens is 280 g/mol. The van der Waals surface area contributed by atoms with Gasteiger partial charge in [0.2, 0.25) is 0 Å². The molecule has 22 heavy (non-hydrogen) atoms. The van der Waals surface area contributed by atoms with E-state index in [4.69, 9.17) is 4.74 Å². The molecule has 0 spiro atoms. The van der Waals surface area contributed by atoms with E-state index in [1.807, 2.05) is 51.1 Å². The molecule has 0 aliphatic carbocycles. The van der Waals surface area contributed by atoms with Crippen LogP contribution in [0.3, 0.4) is 0 Å². The largest absolute Gasteiger partial charge is 0.444 e. The van der Waals surface area contributed by atoms with Gasteiger partial charge in [-0.2, -0.15) is 0 Å². The molecule has 1 fully saturated rings. The molecule has 2 N–H and O–H groups in total. The molecule has 5 heteroatoms. The van der Waals surface area contributed by atoms with Crippen LogP contribution in [0.25, 0.3) is 0 Å². The number of nitrogens with zero attached hydrogens (tertiary/aromatic N) is 1. The zero-order valence-corrected chi connectivity index (χ0v) is 13.6. The van der Waals surface area contributed by atoms with Crippen molar-refractivity contribution in [1.29, 1.82) is 0 Å². The number of likely N-dealkylation sites (tertiary alicyclic amines) is 1. The summed E-state index contributed by atoms with van der Waals surface area (Å²) in [5.41, 5.74) is -0.279. The molecule has 2 rings (SSSR count). The maximum Gasteiger partial charge on any atom is 0.410 e. The van der Waals surface area contributed by atoms with Gasteiger partial charge in [-0.05, 0) is 45.7 Å². The van der Waals surface area contributed by atoms with Gasteiger partial charge in [-0.3, -0.25) is 0 Å². The Bertz CT molecular complexity index is 488. The first-order chi connectivity index (χ1) is 10.3. The van der Waals surface area contributed by atoms with Crippen molar-refractivity contribution >= 4 is 11.8 Å². The molecule has 1 heterocycles. The lowest BCUT2D eigenvalue weighted by Crippen LogP contribution is -2.50. The Morgan fingerprint density at radius 3 is 2.41 bits per heavy atom. The van der Waals surface area contributed by atoms with Crippen LogP contribution >= 0.6 is 0 Å². The van der Waals surface area contributed by atoms with E-state index >= 15 is 0 Å². The van der Waals surface area contributed by atoms with Crippen molar-refractivity contribution in [1.82, 2.24) is 4.90 Å². The molecule has 122 valence electrons. The normalized spacial score (nSPS) is 17.9. The van der Waals surface area contributed by atoms with Gasteiger partial charge in [0, 0.05) is 25.3 Å². The van der Waals surface area contributed by atoms with Gasteiger partial charge >= 0.3 is 6.09 Å². The van der Waals surface area contributed by atoms with Crippen molar-refractivity contribution in [3.8, 4) is 0 Å². The van der Waals surface area contributed by atoms with Crippen molar-refractivity contribution in [2.45, 2.75) is 44.8 Å². The third-order valence-electron chi connectivity index (χ3n) is 3.74.